The number of hydrogen-bond acceptors (Lipinski definition) is 6. The van der Waals surface area contributed by atoms with Crippen LogP contribution in [0.15, 0.2) is 82.4 Å². The molecular weight excluding hydrogens is 619 g/mol. The van der Waals surface area contributed by atoms with Gasteiger partial charge in [-0.25, -0.2) is 9.79 Å². The fourth-order valence-corrected chi connectivity index (χ4v) is 5.10. The molecule has 0 aliphatic carbocycles. The van der Waals surface area contributed by atoms with Crippen molar-refractivity contribution in [3.63, 3.8) is 0 Å². The van der Waals surface area contributed by atoms with Gasteiger partial charge in [0.1, 0.15) is 17.5 Å². The highest BCUT2D eigenvalue weighted by Gasteiger charge is 2.33. The van der Waals surface area contributed by atoms with Crippen molar-refractivity contribution in [2.45, 2.75) is 33.1 Å². The molecule has 1 aliphatic rings. The summed E-state index contributed by atoms with van der Waals surface area (Å²) in [6.07, 6.45) is -2.12. The minimum absolute atomic E-state index is 0.0784. The number of amides is 3. The molecule has 46 heavy (non-hydrogen) atoms. The number of carbonyl (C=O) groups is 2. The van der Waals surface area contributed by atoms with Gasteiger partial charge >= 0.3 is 12.4 Å². The van der Waals surface area contributed by atoms with Crippen LogP contribution in [0.4, 0.5) is 29.3 Å². The van der Waals surface area contributed by atoms with Gasteiger partial charge in [-0.2, -0.15) is 10.3 Å². The van der Waals surface area contributed by atoms with E-state index in [9.17, 15) is 28.0 Å². The maximum absolute atomic E-state index is 12.8. The number of alkyl halides is 3. The standard InChI is InChI=1S/C32H28F3N7O3S/c1-19(2)26-13-4-20(3)14-27(26)42-28(43)17-46-31(42)41-30(44)40-24(16-36)15-21-5-7-22(8-6-21)29(37)39-18-38-23-9-11-25(12-10-23)45-32(33,34)35/h4-15,18-19H,17H2,1-3H3,(H,40,44)(H2,37,38,39)/b24-15+,41-31-. The van der Waals surface area contributed by atoms with Gasteiger partial charge in [0, 0.05) is 11.3 Å². The number of hydrogen-bond donors (Lipinski definition) is 3. The number of benzene rings is 3. The number of nitrogens with zero attached hydrogens (tertiary/aromatic N) is 4. The highest BCUT2D eigenvalue weighted by molar-refractivity contribution is 8.15. The maximum atomic E-state index is 12.8. The third kappa shape index (κ3) is 9.05. The Bertz CT molecular complexity index is 1760. The molecule has 1 saturated heterocycles. The Balaban J connectivity index is 1.39. The minimum atomic E-state index is -4.78. The second-order valence-electron chi connectivity index (χ2n) is 10.2. The molecule has 3 aromatic carbocycles. The average molecular weight is 648 g/mol. The summed E-state index contributed by atoms with van der Waals surface area (Å²) >= 11 is 1.14. The smallest absolute Gasteiger partial charge is 0.406 e. The number of urea groups is 1. The van der Waals surface area contributed by atoms with Gasteiger partial charge < -0.3 is 10.1 Å². The maximum Gasteiger partial charge on any atom is 0.573 e. The Morgan fingerprint density at radius 2 is 1.83 bits per heavy atom. The van der Waals surface area contributed by atoms with Crippen LogP contribution < -0.4 is 20.3 Å². The normalized spacial score (nSPS) is 14.6. The molecule has 3 amide bonds. The second-order valence-corrected chi connectivity index (χ2v) is 11.1. The number of aliphatic imine (C=N–C) groups is 2. The van der Waals surface area contributed by atoms with Gasteiger partial charge in [-0.1, -0.05) is 62.0 Å². The fourth-order valence-electron chi connectivity index (χ4n) is 4.25. The number of aryl methyl sites for hydroxylation is 1. The summed E-state index contributed by atoms with van der Waals surface area (Å²) in [5.74, 6) is -0.398. The number of thioether (sulfide) groups is 1. The van der Waals surface area contributed by atoms with Crippen LogP contribution in [0.3, 0.4) is 0 Å². The molecular formula is C32H28F3N7O3S. The summed E-state index contributed by atoms with van der Waals surface area (Å²) in [6.45, 7) is 5.95. The number of nitrogens with one attached hydrogen (secondary N) is 3. The number of ether oxygens (including phenoxy) is 1. The number of anilines is 2. The molecule has 1 heterocycles. The largest absolute Gasteiger partial charge is 0.573 e. The summed E-state index contributed by atoms with van der Waals surface area (Å²) in [5.41, 5.74) is 3.93. The zero-order chi connectivity index (χ0) is 33.4. The van der Waals surface area contributed by atoms with Crippen molar-refractivity contribution in [1.82, 2.24) is 5.32 Å². The van der Waals surface area contributed by atoms with E-state index in [1.54, 1.807) is 24.3 Å². The van der Waals surface area contributed by atoms with E-state index in [-0.39, 0.29) is 40.0 Å². The number of rotatable bonds is 8. The van der Waals surface area contributed by atoms with Crippen LogP contribution in [-0.4, -0.2) is 41.4 Å². The van der Waals surface area contributed by atoms with Crippen LogP contribution in [0.2, 0.25) is 0 Å². The van der Waals surface area contributed by atoms with Gasteiger partial charge in [-0.3, -0.25) is 20.4 Å². The van der Waals surface area contributed by atoms with Crippen LogP contribution in [0.1, 0.15) is 42.0 Å². The van der Waals surface area contributed by atoms with E-state index in [4.69, 9.17) is 5.41 Å². The second kappa shape index (κ2) is 14.6. The molecule has 3 N–H and O–H groups in total. The first-order valence-corrected chi connectivity index (χ1v) is 14.7. The van der Waals surface area contributed by atoms with E-state index in [1.165, 1.54) is 29.4 Å². The summed E-state index contributed by atoms with van der Waals surface area (Å²) in [5, 5.41) is 23.2. The molecule has 0 aromatic heterocycles. The van der Waals surface area contributed by atoms with E-state index < -0.39 is 12.4 Å². The Morgan fingerprint density at radius 3 is 2.46 bits per heavy atom. The van der Waals surface area contributed by atoms with Crippen molar-refractivity contribution in [2.75, 3.05) is 16.0 Å². The third-order valence-electron chi connectivity index (χ3n) is 6.38. The lowest BCUT2D eigenvalue weighted by Crippen LogP contribution is -2.32. The Morgan fingerprint density at radius 1 is 1.13 bits per heavy atom. The van der Waals surface area contributed by atoms with Crippen molar-refractivity contribution in [1.29, 1.82) is 10.7 Å². The predicted molar refractivity (Wildman–Crippen MR) is 173 cm³/mol. The van der Waals surface area contributed by atoms with Crippen molar-refractivity contribution in [3.05, 3.63) is 94.7 Å². The molecule has 0 bridgehead atoms. The summed E-state index contributed by atoms with van der Waals surface area (Å²) in [6, 6.07) is 18.4. The van der Waals surface area contributed by atoms with Crippen LogP contribution in [-0.2, 0) is 4.79 Å². The van der Waals surface area contributed by atoms with Gasteiger partial charge in [0.25, 0.3) is 0 Å². The number of nitriles is 1. The molecule has 236 valence electrons. The summed E-state index contributed by atoms with van der Waals surface area (Å²) in [7, 11) is 0. The van der Waals surface area contributed by atoms with E-state index in [0.29, 0.717) is 22.5 Å². The van der Waals surface area contributed by atoms with Gasteiger partial charge in [-0.05, 0) is 65.9 Å². The lowest BCUT2D eigenvalue weighted by Gasteiger charge is -2.22. The number of amidine groups is 2. The van der Waals surface area contributed by atoms with Gasteiger partial charge in [-0.15, -0.1) is 13.2 Å². The van der Waals surface area contributed by atoms with Crippen molar-refractivity contribution >= 4 is 58.5 Å². The Kier molecular flexibility index (Phi) is 10.6. The minimum Gasteiger partial charge on any atom is -0.406 e. The van der Waals surface area contributed by atoms with Crippen LogP contribution >= 0.6 is 11.8 Å². The molecule has 0 spiro atoms. The van der Waals surface area contributed by atoms with Crippen molar-refractivity contribution in [3.8, 4) is 11.8 Å². The summed E-state index contributed by atoms with van der Waals surface area (Å²) in [4.78, 5) is 35.1. The summed E-state index contributed by atoms with van der Waals surface area (Å²) < 4.78 is 40.7. The first kappa shape index (κ1) is 33.5. The van der Waals surface area contributed by atoms with Gasteiger partial charge in [0.2, 0.25) is 5.91 Å². The molecule has 3 aromatic rings. The highest BCUT2D eigenvalue weighted by Crippen LogP contribution is 2.34. The highest BCUT2D eigenvalue weighted by atomic mass is 32.2. The van der Waals surface area contributed by atoms with Crippen molar-refractivity contribution < 1.29 is 27.5 Å². The first-order chi connectivity index (χ1) is 21.8. The third-order valence-corrected chi connectivity index (χ3v) is 7.30. The molecule has 1 aliphatic heterocycles. The number of carbonyl (C=O) groups excluding carboxylic acids is 2. The fraction of sp³-hybridized carbons (Fsp3) is 0.188. The zero-order valence-electron chi connectivity index (χ0n) is 24.8. The quantitative estimate of drug-likeness (QED) is 0.134. The molecule has 0 atom stereocenters. The SMILES string of the molecule is Cc1ccc(C(C)C)c(N2C(=O)CS/C2=N\C(=O)N/C(C#N)=C/c2ccc(C(=N)/N=C\Nc3ccc(OC(F)(F)F)cc3)cc2)c1. The van der Waals surface area contributed by atoms with Gasteiger partial charge in [0.15, 0.2) is 11.0 Å². The average Bonchev–Trinajstić information content (AvgIpc) is 3.36. The van der Waals surface area contributed by atoms with Crippen LogP contribution in [0.5, 0.6) is 5.75 Å². The Hall–Kier alpha value is -5.42. The Labute approximate surface area is 267 Å². The van der Waals surface area contributed by atoms with E-state index >= 15 is 0 Å². The predicted octanol–water partition coefficient (Wildman–Crippen LogP) is 7.19. The molecule has 1 fully saturated rings. The van der Waals surface area contributed by atoms with E-state index in [1.807, 2.05) is 45.0 Å². The topological polar surface area (TPSA) is 143 Å². The lowest BCUT2D eigenvalue weighted by atomic mass is 9.99. The zero-order valence-corrected chi connectivity index (χ0v) is 25.7. The molecule has 4 rings (SSSR count). The van der Waals surface area contributed by atoms with Gasteiger partial charge in [0.05, 0.1) is 17.8 Å². The van der Waals surface area contributed by atoms with E-state index in [2.05, 4.69) is 25.4 Å². The molecule has 14 heteroatoms. The monoisotopic (exact) mass is 647 g/mol. The van der Waals surface area contributed by atoms with E-state index in [0.717, 1.165) is 35.0 Å². The van der Waals surface area contributed by atoms with Crippen LogP contribution in [0.25, 0.3) is 6.08 Å². The molecule has 0 radical (unpaired) electrons. The van der Waals surface area contributed by atoms with Crippen LogP contribution in [0, 0.1) is 23.7 Å². The molecule has 0 unspecified atom stereocenters. The number of allylic oxidation sites excluding steroid dienone is 1. The first-order valence-electron chi connectivity index (χ1n) is 13.7. The molecule has 10 nitrogen and oxygen atoms in total. The molecule has 0 saturated carbocycles. The number of halogens is 3. The lowest BCUT2D eigenvalue weighted by molar-refractivity contribution is -0.274. The van der Waals surface area contributed by atoms with Crippen molar-refractivity contribution in [2.24, 2.45) is 9.98 Å².